The van der Waals surface area contributed by atoms with Crippen LogP contribution in [0, 0.1) is 0 Å². The highest BCUT2D eigenvalue weighted by Crippen LogP contribution is 2.60. The molecule has 0 radical (unpaired) electrons. The fourth-order valence-corrected chi connectivity index (χ4v) is 3.21. The van der Waals surface area contributed by atoms with Gasteiger partial charge in [-0.25, -0.2) is 13.0 Å². The average molecular weight is 610 g/mol. The van der Waals surface area contributed by atoms with E-state index < -0.39 is 76.9 Å². The largest absolute Gasteiger partial charge is 0.460 e. The minimum atomic E-state index is -8.14. The second-order valence-electron chi connectivity index (χ2n) is 7.19. The molecule has 0 bridgehead atoms. The third-order valence-electron chi connectivity index (χ3n) is 4.61. The molecule has 0 amide bonds. The fourth-order valence-electron chi connectivity index (χ4n) is 2.40. The summed E-state index contributed by atoms with van der Waals surface area (Å²) in [4.78, 5) is 0.214. The van der Waals surface area contributed by atoms with Crippen molar-refractivity contribution < 1.29 is 87.2 Å². The molecule has 0 fully saturated rings. The molecular weight excluding hydrogens is 599 g/mol. The van der Waals surface area contributed by atoms with Crippen molar-refractivity contribution in [2.24, 2.45) is 0 Å². The molecule has 5 nitrogen and oxygen atoms in total. The molecule has 37 heavy (non-hydrogen) atoms. The van der Waals surface area contributed by atoms with E-state index in [0.29, 0.717) is 24.3 Å². The Kier molecular flexibility index (Phi) is 8.37. The lowest BCUT2D eigenvalue weighted by atomic mass is 9.92. The highest BCUT2D eigenvalue weighted by Gasteiger charge is 2.90. The highest BCUT2D eigenvalue weighted by atomic mass is 32.2. The van der Waals surface area contributed by atoms with Crippen molar-refractivity contribution in [2.75, 3.05) is 13.6 Å². The van der Waals surface area contributed by atoms with Gasteiger partial charge in [0.25, 0.3) is 0 Å². The average Bonchev–Trinajstić information content (AvgIpc) is 3.03. The molecule has 220 valence electrons. The number of alkyl halides is 17. The molecule has 1 rings (SSSR count). The van der Waals surface area contributed by atoms with E-state index in [-0.39, 0.29) is 4.90 Å². The lowest BCUT2D eigenvalue weighted by Gasteiger charge is -2.40. The molecular formula is C14H11F17N2O3S. The Morgan fingerprint density at radius 1 is 0.757 bits per heavy atom. The van der Waals surface area contributed by atoms with Crippen molar-refractivity contribution in [1.82, 2.24) is 9.80 Å². The van der Waals surface area contributed by atoms with Gasteiger partial charge in [0, 0.05) is 32.4 Å². The molecule has 1 unspecified atom stereocenters. The van der Waals surface area contributed by atoms with Gasteiger partial charge in [0.2, 0.25) is 6.35 Å². The van der Waals surface area contributed by atoms with Crippen molar-refractivity contribution in [1.29, 1.82) is 0 Å². The van der Waals surface area contributed by atoms with Gasteiger partial charge in [-0.1, -0.05) is 0 Å². The van der Waals surface area contributed by atoms with Crippen LogP contribution in [-0.2, 0) is 14.3 Å². The first-order valence-electron chi connectivity index (χ1n) is 8.73. The predicted molar refractivity (Wildman–Crippen MR) is 83.8 cm³/mol. The normalized spacial score (nSPS) is 19.4. The topological polar surface area (TPSA) is 49.9 Å². The first-order chi connectivity index (χ1) is 16.0. The third kappa shape index (κ3) is 5.20. The molecule has 0 aromatic heterocycles. The van der Waals surface area contributed by atoms with Gasteiger partial charge in [-0.15, -0.1) is 0 Å². The van der Waals surface area contributed by atoms with Gasteiger partial charge in [0.15, 0.2) is 0 Å². The molecule has 0 aliphatic carbocycles. The quantitative estimate of drug-likeness (QED) is 0.234. The van der Waals surface area contributed by atoms with Gasteiger partial charge in [0.05, 0.1) is 0 Å². The van der Waals surface area contributed by atoms with Crippen molar-refractivity contribution in [3.63, 3.8) is 0 Å². The molecule has 0 aromatic rings. The second kappa shape index (κ2) is 9.36. The zero-order chi connectivity index (χ0) is 29.8. The Labute approximate surface area is 194 Å². The van der Waals surface area contributed by atoms with Crippen LogP contribution in [0.4, 0.5) is 74.6 Å². The van der Waals surface area contributed by atoms with Crippen LogP contribution in [0.2, 0.25) is 0 Å². The van der Waals surface area contributed by atoms with Gasteiger partial charge in [-0.3, -0.25) is 0 Å². The number of hydrogen-bond acceptors (Lipinski definition) is 5. The maximum absolute atomic E-state index is 13.9. The Hall–Kier alpha value is -1.94. The van der Waals surface area contributed by atoms with E-state index in [9.17, 15) is 83.1 Å². The van der Waals surface area contributed by atoms with Gasteiger partial charge in [-0.05, 0) is 0 Å². The van der Waals surface area contributed by atoms with E-state index in [0.717, 1.165) is 0 Å². The Bertz CT molecular complexity index is 963. The minimum Gasteiger partial charge on any atom is -0.336 e. The number of rotatable bonds is 11. The highest BCUT2D eigenvalue weighted by molar-refractivity contribution is 7.87. The summed E-state index contributed by atoms with van der Waals surface area (Å²) < 4.78 is 248. The monoisotopic (exact) mass is 610 g/mol. The maximum Gasteiger partial charge on any atom is 0.460 e. The summed E-state index contributed by atoms with van der Waals surface area (Å²) in [6, 6.07) is 0. The number of hydrogen-bond donors (Lipinski definition) is 0. The fraction of sp³-hybridized carbons (Fsp3) is 0.857. The summed E-state index contributed by atoms with van der Waals surface area (Å²) in [7, 11) is -5.92. The van der Waals surface area contributed by atoms with Crippen LogP contribution in [0.15, 0.2) is 12.4 Å². The van der Waals surface area contributed by atoms with Crippen molar-refractivity contribution in [3.05, 3.63) is 12.4 Å². The van der Waals surface area contributed by atoms with E-state index in [1.54, 1.807) is 0 Å². The van der Waals surface area contributed by atoms with E-state index in [1.807, 2.05) is 0 Å². The molecule has 0 aromatic carbocycles. The molecule has 1 aliphatic heterocycles. The molecule has 1 aliphatic rings. The van der Waals surface area contributed by atoms with Crippen LogP contribution < -0.4 is 0 Å². The number of halogens is 17. The Morgan fingerprint density at radius 2 is 1.19 bits per heavy atom. The summed E-state index contributed by atoms with van der Waals surface area (Å²) in [5.41, 5.74) is 0. The molecule has 1 heterocycles. The van der Waals surface area contributed by atoms with Crippen LogP contribution >= 0.6 is 0 Å². The lowest BCUT2D eigenvalue weighted by molar-refractivity contribution is -0.440. The standard InChI is InChI=1S/C14H11F17N2O3S/c1-32-4-5-33(7(32)36-37(34,35)9(19,20)6(15)16)3-2-8(17,18)10(21,22)11(23,24)12(25,26)13(27,28)14(29,30)31/h4-7H,2-3H2,1H3. The first kappa shape index (κ1) is 33.1. The van der Waals surface area contributed by atoms with Gasteiger partial charge < -0.3 is 9.80 Å². The predicted octanol–water partition coefficient (Wildman–Crippen LogP) is 5.32. The Morgan fingerprint density at radius 3 is 1.59 bits per heavy atom. The van der Waals surface area contributed by atoms with Crippen molar-refractivity contribution in [3.8, 4) is 0 Å². The van der Waals surface area contributed by atoms with Crippen molar-refractivity contribution in [2.45, 2.75) is 60.2 Å². The van der Waals surface area contributed by atoms with E-state index in [2.05, 4.69) is 4.18 Å². The van der Waals surface area contributed by atoms with Crippen LogP contribution in [0.3, 0.4) is 0 Å². The van der Waals surface area contributed by atoms with Crippen molar-refractivity contribution >= 4 is 10.1 Å². The molecule has 0 N–H and O–H groups in total. The molecule has 0 saturated heterocycles. The molecule has 1 atom stereocenters. The molecule has 0 spiro atoms. The smallest absolute Gasteiger partial charge is 0.336 e. The SMILES string of the molecule is CN1C=CN(CCC(F)(F)C(F)(F)C(F)(F)C(F)(F)C(F)(F)C(F)(F)F)C1OS(=O)(=O)C(F)(F)C(F)F. The summed E-state index contributed by atoms with van der Waals surface area (Å²) in [6.45, 7) is -1.94. The maximum atomic E-state index is 13.9. The summed E-state index contributed by atoms with van der Waals surface area (Å²) in [5, 5.41) is -5.92. The number of nitrogens with zero attached hydrogens (tertiary/aromatic N) is 2. The van der Waals surface area contributed by atoms with E-state index >= 15 is 0 Å². The summed E-state index contributed by atoms with van der Waals surface area (Å²) in [5.74, 6) is -38.4. The zero-order valence-electron chi connectivity index (χ0n) is 17.2. The third-order valence-corrected chi connectivity index (χ3v) is 5.88. The van der Waals surface area contributed by atoms with Gasteiger partial charge >= 0.3 is 57.6 Å². The lowest BCUT2D eigenvalue weighted by Crippen LogP contribution is -2.70. The summed E-state index contributed by atoms with van der Waals surface area (Å²) in [6.07, 6.45) is -17.1. The van der Waals surface area contributed by atoms with Gasteiger partial charge in [-0.2, -0.15) is 74.3 Å². The second-order valence-corrected chi connectivity index (χ2v) is 8.84. The van der Waals surface area contributed by atoms with Crippen LogP contribution in [0.25, 0.3) is 0 Å². The zero-order valence-corrected chi connectivity index (χ0v) is 18.0. The van der Waals surface area contributed by atoms with Crippen LogP contribution in [0.5, 0.6) is 0 Å². The van der Waals surface area contributed by atoms with Crippen LogP contribution in [-0.4, -0.2) is 85.6 Å². The van der Waals surface area contributed by atoms with Crippen LogP contribution in [0.1, 0.15) is 6.42 Å². The summed E-state index contributed by atoms with van der Waals surface area (Å²) >= 11 is 0. The van der Waals surface area contributed by atoms with E-state index in [4.69, 9.17) is 0 Å². The molecule has 23 heteroatoms. The Balaban J connectivity index is 3.24. The van der Waals surface area contributed by atoms with Gasteiger partial charge in [0.1, 0.15) is 0 Å². The van der Waals surface area contributed by atoms with E-state index in [1.165, 1.54) is 0 Å². The molecule has 0 saturated carbocycles. The first-order valence-corrected chi connectivity index (χ1v) is 10.1. The minimum absolute atomic E-state index is 0.121.